The molecule has 118 valence electrons. The molecule has 3 N–H and O–H groups in total. The van der Waals surface area contributed by atoms with Gasteiger partial charge in [0.1, 0.15) is 0 Å². The molecule has 1 aromatic carbocycles. The molecule has 2 amide bonds. The molecule has 0 radical (unpaired) electrons. The third-order valence-corrected chi connectivity index (χ3v) is 3.63. The van der Waals surface area contributed by atoms with Gasteiger partial charge in [0.15, 0.2) is 0 Å². The average Bonchev–Trinajstić information content (AvgIpc) is 2.40. The van der Waals surface area contributed by atoms with Crippen LogP contribution in [-0.2, 0) is 6.42 Å². The molecule has 0 aromatic heterocycles. The van der Waals surface area contributed by atoms with Crippen LogP contribution in [0.25, 0.3) is 0 Å². The van der Waals surface area contributed by atoms with Gasteiger partial charge in [-0.2, -0.15) is 0 Å². The number of rotatable bonds is 7. The van der Waals surface area contributed by atoms with E-state index in [1.54, 1.807) is 0 Å². The Morgan fingerprint density at radius 1 is 1.29 bits per heavy atom. The molecule has 0 aliphatic carbocycles. The molecule has 0 bridgehead atoms. The highest BCUT2D eigenvalue weighted by molar-refractivity contribution is 5.74. The number of aryl methyl sites for hydroxylation is 2. The summed E-state index contributed by atoms with van der Waals surface area (Å²) in [6.07, 6.45) is 1.53. The van der Waals surface area contributed by atoms with Crippen molar-refractivity contribution in [2.24, 2.45) is 5.92 Å². The lowest BCUT2D eigenvalue weighted by Gasteiger charge is -2.17. The first-order valence-corrected chi connectivity index (χ1v) is 7.63. The van der Waals surface area contributed by atoms with Crippen LogP contribution in [0.2, 0.25) is 0 Å². The summed E-state index contributed by atoms with van der Waals surface area (Å²) in [5.41, 5.74) is 3.79. The van der Waals surface area contributed by atoms with Gasteiger partial charge in [-0.25, -0.2) is 4.79 Å². The molecule has 4 heteroatoms. The Kier molecular flexibility index (Phi) is 7.23. The van der Waals surface area contributed by atoms with Crippen LogP contribution in [0.1, 0.15) is 37.0 Å². The lowest BCUT2D eigenvalue weighted by molar-refractivity contribution is 0.231. The van der Waals surface area contributed by atoms with Crippen molar-refractivity contribution >= 4 is 6.03 Å². The molecular formula is C17H28N2O2. The Labute approximate surface area is 128 Å². The maximum absolute atomic E-state index is 11.8. The fraction of sp³-hybridized carbons (Fsp3) is 0.588. The van der Waals surface area contributed by atoms with E-state index in [2.05, 4.69) is 42.7 Å². The van der Waals surface area contributed by atoms with Gasteiger partial charge >= 0.3 is 6.03 Å². The highest BCUT2D eigenvalue weighted by Crippen LogP contribution is 2.12. The maximum Gasteiger partial charge on any atom is 0.315 e. The first-order chi connectivity index (χ1) is 9.92. The van der Waals surface area contributed by atoms with Crippen LogP contribution in [0.15, 0.2) is 18.2 Å². The largest absolute Gasteiger partial charge is 0.396 e. The van der Waals surface area contributed by atoms with Crippen LogP contribution >= 0.6 is 0 Å². The predicted molar refractivity (Wildman–Crippen MR) is 86.5 cm³/mol. The van der Waals surface area contributed by atoms with E-state index in [0.29, 0.717) is 13.0 Å². The zero-order valence-corrected chi connectivity index (χ0v) is 13.6. The van der Waals surface area contributed by atoms with Crippen molar-refractivity contribution in [1.29, 1.82) is 0 Å². The summed E-state index contributed by atoms with van der Waals surface area (Å²) in [5.74, 6) is 0.287. The summed E-state index contributed by atoms with van der Waals surface area (Å²) in [4.78, 5) is 11.8. The van der Waals surface area contributed by atoms with Crippen molar-refractivity contribution in [3.63, 3.8) is 0 Å². The maximum atomic E-state index is 11.8. The number of carbonyl (C=O) groups is 1. The monoisotopic (exact) mass is 292 g/mol. The van der Waals surface area contributed by atoms with Gasteiger partial charge < -0.3 is 15.7 Å². The summed E-state index contributed by atoms with van der Waals surface area (Å²) >= 11 is 0. The molecular weight excluding hydrogens is 264 g/mol. The second-order valence-corrected chi connectivity index (χ2v) is 6.01. The summed E-state index contributed by atoms with van der Waals surface area (Å²) in [7, 11) is 0. The zero-order valence-electron chi connectivity index (χ0n) is 13.6. The molecule has 21 heavy (non-hydrogen) atoms. The minimum Gasteiger partial charge on any atom is -0.396 e. The fourth-order valence-electron chi connectivity index (χ4n) is 2.32. The summed E-state index contributed by atoms with van der Waals surface area (Å²) in [6.45, 7) is 8.95. The molecule has 1 aromatic rings. The van der Waals surface area contributed by atoms with Crippen molar-refractivity contribution in [2.75, 3.05) is 13.2 Å². The molecule has 0 saturated carbocycles. The van der Waals surface area contributed by atoms with E-state index in [1.807, 2.05) is 13.8 Å². The molecule has 0 aliphatic heterocycles. The number of hydrogen-bond acceptors (Lipinski definition) is 2. The van der Waals surface area contributed by atoms with Gasteiger partial charge in [-0.15, -0.1) is 0 Å². The molecule has 0 heterocycles. The minimum absolute atomic E-state index is 0.0829. The van der Waals surface area contributed by atoms with E-state index in [-0.39, 0.29) is 24.6 Å². The number of urea groups is 1. The van der Waals surface area contributed by atoms with E-state index >= 15 is 0 Å². The number of nitrogens with one attached hydrogen (secondary N) is 2. The van der Waals surface area contributed by atoms with Gasteiger partial charge in [-0.05, 0) is 50.7 Å². The van der Waals surface area contributed by atoms with Crippen molar-refractivity contribution in [1.82, 2.24) is 10.6 Å². The molecule has 1 rings (SSSR count). The van der Waals surface area contributed by atoms with Crippen molar-refractivity contribution < 1.29 is 9.90 Å². The average molecular weight is 292 g/mol. The highest BCUT2D eigenvalue weighted by atomic mass is 16.3. The number of amides is 2. The Morgan fingerprint density at radius 2 is 2.00 bits per heavy atom. The molecule has 2 atom stereocenters. The lowest BCUT2D eigenvalue weighted by Crippen LogP contribution is -2.43. The first-order valence-electron chi connectivity index (χ1n) is 7.63. The van der Waals surface area contributed by atoms with Crippen molar-refractivity contribution in [3.05, 3.63) is 34.9 Å². The van der Waals surface area contributed by atoms with Gasteiger partial charge in [0, 0.05) is 19.2 Å². The van der Waals surface area contributed by atoms with Gasteiger partial charge in [0.25, 0.3) is 0 Å². The van der Waals surface area contributed by atoms with Crippen molar-refractivity contribution in [3.8, 4) is 0 Å². The van der Waals surface area contributed by atoms with Crippen molar-refractivity contribution in [2.45, 2.75) is 46.6 Å². The third kappa shape index (κ3) is 6.63. The Hall–Kier alpha value is -1.55. The van der Waals surface area contributed by atoms with Crippen LogP contribution < -0.4 is 10.6 Å². The molecule has 0 fully saturated rings. The van der Waals surface area contributed by atoms with Crippen LogP contribution in [0.4, 0.5) is 4.79 Å². The second kappa shape index (κ2) is 8.67. The molecule has 4 nitrogen and oxygen atoms in total. The first kappa shape index (κ1) is 17.5. The third-order valence-electron chi connectivity index (χ3n) is 3.63. The Bertz CT molecular complexity index is 460. The standard InChI is InChI=1S/C17H28N2O2/c1-12-5-6-16(14(3)9-12)10-15(4)19-17(21)18-11-13(2)7-8-20/h5-6,9,13,15,20H,7-8,10-11H2,1-4H3,(H2,18,19,21). The van der Waals surface area contributed by atoms with E-state index < -0.39 is 0 Å². The molecule has 2 unspecified atom stereocenters. The Balaban J connectivity index is 2.39. The van der Waals surface area contributed by atoms with Gasteiger partial charge in [0.2, 0.25) is 0 Å². The fourth-order valence-corrected chi connectivity index (χ4v) is 2.32. The SMILES string of the molecule is Cc1ccc(CC(C)NC(=O)NCC(C)CCO)c(C)c1. The summed E-state index contributed by atoms with van der Waals surface area (Å²) < 4.78 is 0. The van der Waals surface area contributed by atoms with E-state index in [9.17, 15) is 4.79 Å². The van der Waals surface area contributed by atoms with E-state index in [4.69, 9.17) is 5.11 Å². The number of aliphatic hydroxyl groups is 1. The van der Waals surface area contributed by atoms with E-state index in [1.165, 1.54) is 16.7 Å². The summed E-state index contributed by atoms with van der Waals surface area (Å²) in [6, 6.07) is 6.34. The predicted octanol–water partition coefficient (Wildman–Crippen LogP) is 2.55. The Morgan fingerprint density at radius 3 is 2.62 bits per heavy atom. The number of hydrogen-bond donors (Lipinski definition) is 3. The summed E-state index contributed by atoms with van der Waals surface area (Å²) in [5, 5.41) is 14.6. The zero-order chi connectivity index (χ0) is 15.8. The topological polar surface area (TPSA) is 61.4 Å². The van der Waals surface area contributed by atoms with E-state index in [0.717, 1.165) is 6.42 Å². The normalized spacial score (nSPS) is 13.6. The van der Waals surface area contributed by atoms with Crippen LogP contribution in [0.5, 0.6) is 0 Å². The number of benzene rings is 1. The smallest absolute Gasteiger partial charge is 0.315 e. The van der Waals surface area contributed by atoms with Crippen LogP contribution in [0, 0.1) is 19.8 Å². The number of aliphatic hydroxyl groups excluding tert-OH is 1. The lowest BCUT2D eigenvalue weighted by atomic mass is 10.00. The minimum atomic E-state index is -0.142. The second-order valence-electron chi connectivity index (χ2n) is 6.01. The quantitative estimate of drug-likeness (QED) is 0.723. The van der Waals surface area contributed by atoms with Crippen LogP contribution in [-0.4, -0.2) is 30.3 Å². The number of carbonyl (C=O) groups excluding carboxylic acids is 1. The molecule has 0 saturated heterocycles. The van der Waals surface area contributed by atoms with Gasteiger partial charge in [-0.1, -0.05) is 30.7 Å². The molecule has 0 aliphatic rings. The van der Waals surface area contributed by atoms with Gasteiger partial charge in [0.05, 0.1) is 0 Å². The molecule has 0 spiro atoms. The highest BCUT2D eigenvalue weighted by Gasteiger charge is 2.10. The van der Waals surface area contributed by atoms with Crippen LogP contribution in [0.3, 0.4) is 0 Å². The van der Waals surface area contributed by atoms with Gasteiger partial charge in [-0.3, -0.25) is 0 Å².